The van der Waals surface area contributed by atoms with Crippen molar-refractivity contribution in [2.24, 2.45) is 0 Å². The second-order valence-electron chi connectivity index (χ2n) is 5.05. The van der Waals surface area contributed by atoms with Crippen LogP contribution in [0.25, 0.3) is 0 Å². The average molecular weight is 314 g/mol. The molecule has 1 N–H and O–H groups in total. The van der Waals surface area contributed by atoms with Gasteiger partial charge in [0.15, 0.2) is 12.6 Å². The maximum atomic E-state index is 10.5. The molecule has 0 saturated carbocycles. The molecule has 4 unspecified atom stereocenters. The van der Waals surface area contributed by atoms with Crippen LogP contribution in [0.5, 0.6) is 0 Å². The summed E-state index contributed by atoms with van der Waals surface area (Å²) in [5.74, 6) is 0. The summed E-state index contributed by atoms with van der Waals surface area (Å²) in [7, 11) is 3.64. The molecule has 2 heterocycles. The molecule has 7 heteroatoms. The van der Waals surface area contributed by atoms with Gasteiger partial charge in [-0.15, -0.1) is 0 Å². The molecule has 2 fully saturated rings. The normalized spacial score (nSPS) is 39.8. The van der Waals surface area contributed by atoms with Gasteiger partial charge in [0, 0.05) is 22.1 Å². The summed E-state index contributed by atoms with van der Waals surface area (Å²) < 4.78 is 27.7. The van der Waals surface area contributed by atoms with Crippen LogP contribution in [0.1, 0.15) is 11.9 Å². The standard InChI is InChI=1S/C14H19O6P/c1-16-14-12(20-21)10(15)11-9(18-14)7-17-13(19-11)8-5-3-2-4-6-8/h2-6,9-15H,7,21H2,1H3/t9?,10-,11-,12?,13?,14+/m0/s1. The lowest BCUT2D eigenvalue weighted by molar-refractivity contribution is -0.354. The van der Waals surface area contributed by atoms with Crippen LogP contribution in [0, 0.1) is 0 Å². The van der Waals surface area contributed by atoms with Gasteiger partial charge in [0.1, 0.15) is 24.4 Å². The van der Waals surface area contributed by atoms with Gasteiger partial charge in [-0.3, -0.25) is 0 Å². The van der Waals surface area contributed by atoms with Gasteiger partial charge in [-0.2, -0.15) is 0 Å². The van der Waals surface area contributed by atoms with Crippen LogP contribution in [0.4, 0.5) is 0 Å². The fourth-order valence-electron chi connectivity index (χ4n) is 2.68. The summed E-state index contributed by atoms with van der Waals surface area (Å²) in [5.41, 5.74) is 0.903. The molecule has 0 radical (unpaired) electrons. The largest absolute Gasteiger partial charge is 0.387 e. The van der Waals surface area contributed by atoms with Crippen molar-refractivity contribution in [3.8, 4) is 0 Å². The van der Waals surface area contributed by atoms with Gasteiger partial charge >= 0.3 is 0 Å². The molecule has 2 aliphatic rings. The van der Waals surface area contributed by atoms with Gasteiger partial charge in [-0.05, 0) is 0 Å². The number of ether oxygens (including phenoxy) is 4. The van der Waals surface area contributed by atoms with Crippen molar-refractivity contribution < 1.29 is 28.6 Å². The first-order chi connectivity index (χ1) is 10.2. The third-order valence-electron chi connectivity index (χ3n) is 3.77. The Morgan fingerprint density at radius 2 is 2.00 bits per heavy atom. The number of rotatable bonds is 3. The number of fused-ring (bicyclic) bond motifs is 1. The average Bonchev–Trinajstić information content (AvgIpc) is 2.55. The minimum atomic E-state index is -0.860. The van der Waals surface area contributed by atoms with E-state index in [1.54, 1.807) is 0 Å². The highest BCUT2D eigenvalue weighted by Crippen LogP contribution is 2.35. The Morgan fingerprint density at radius 1 is 1.24 bits per heavy atom. The topological polar surface area (TPSA) is 66.4 Å². The van der Waals surface area contributed by atoms with Gasteiger partial charge in [0.2, 0.25) is 0 Å². The van der Waals surface area contributed by atoms with E-state index in [0.717, 1.165) is 5.56 Å². The first-order valence-corrected chi connectivity index (χ1v) is 7.25. The summed E-state index contributed by atoms with van der Waals surface area (Å²) in [5, 5.41) is 10.5. The molecule has 1 aromatic rings. The van der Waals surface area contributed by atoms with E-state index in [1.807, 2.05) is 30.3 Å². The minimum Gasteiger partial charge on any atom is -0.387 e. The van der Waals surface area contributed by atoms with Crippen LogP contribution in [0.15, 0.2) is 30.3 Å². The van der Waals surface area contributed by atoms with Crippen LogP contribution >= 0.6 is 9.47 Å². The predicted octanol–water partition coefficient (Wildman–Crippen LogP) is 1.01. The molecule has 6 nitrogen and oxygen atoms in total. The lowest BCUT2D eigenvalue weighted by atomic mass is 9.98. The summed E-state index contributed by atoms with van der Waals surface area (Å²) in [6, 6.07) is 9.59. The molecule has 116 valence electrons. The van der Waals surface area contributed by atoms with Crippen molar-refractivity contribution in [2.45, 2.75) is 37.0 Å². The molecular weight excluding hydrogens is 295 g/mol. The van der Waals surface area contributed by atoms with Crippen LogP contribution in [-0.4, -0.2) is 49.5 Å². The molecule has 2 saturated heterocycles. The minimum absolute atomic E-state index is 0.324. The van der Waals surface area contributed by atoms with Gasteiger partial charge in [0.05, 0.1) is 6.61 Å². The Morgan fingerprint density at radius 3 is 2.67 bits per heavy atom. The summed E-state index contributed by atoms with van der Waals surface area (Å²) >= 11 is 0. The lowest BCUT2D eigenvalue weighted by Crippen LogP contribution is -2.62. The first-order valence-electron chi connectivity index (χ1n) is 6.78. The fraction of sp³-hybridized carbons (Fsp3) is 0.571. The molecular formula is C14H19O6P. The zero-order chi connectivity index (χ0) is 14.8. The summed E-state index contributed by atoms with van der Waals surface area (Å²) in [6.45, 7) is 0.324. The molecule has 0 aromatic heterocycles. The number of benzene rings is 1. The lowest BCUT2D eigenvalue weighted by Gasteiger charge is -2.46. The highest BCUT2D eigenvalue weighted by molar-refractivity contribution is 7.09. The Bertz CT molecular complexity index is 458. The molecule has 0 bridgehead atoms. The maximum Gasteiger partial charge on any atom is 0.186 e. The quantitative estimate of drug-likeness (QED) is 0.840. The van der Waals surface area contributed by atoms with Gasteiger partial charge < -0.3 is 28.6 Å². The van der Waals surface area contributed by atoms with Gasteiger partial charge in [0.25, 0.3) is 0 Å². The molecule has 3 rings (SSSR count). The van der Waals surface area contributed by atoms with Crippen molar-refractivity contribution in [1.82, 2.24) is 0 Å². The van der Waals surface area contributed by atoms with E-state index in [-0.39, 0.29) is 6.10 Å². The predicted molar refractivity (Wildman–Crippen MR) is 76.3 cm³/mol. The van der Waals surface area contributed by atoms with Crippen molar-refractivity contribution in [1.29, 1.82) is 0 Å². The Kier molecular flexibility index (Phi) is 4.86. The molecule has 7 atom stereocenters. The number of aliphatic hydroxyl groups is 1. The second kappa shape index (κ2) is 6.67. The van der Waals surface area contributed by atoms with E-state index in [4.69, 9.17) is 23.5 Å². The molecule has 0 spiro atoms. The van der Waals surface area contributed by atoms with Crippen molar-refractivity contribution in [3.05, 3.63) is 35.9 Å². The van der Waals surface area contributed by atoms with Crippen molar-refractivity contribution in [3.63, 3.8) is 0 Å². The Hall–Kier alpha value is -0.590. The van der Waals surface area contributed by atoms with Gasteiger partial charge in [-0.1, -0.05) is 30.3 Å². The highest BCUT2D eigenvalue weighted by Gasteiger charge is 2.49. The van der Waals surface area contributed by atoms with E-state index < -0.39 is 30.9 Å². The van der Waals surface area contributed by atoms with Crippen LogP contribution in [0.3, 0.4) is 0 Å². The number of hydrogen-bond donors (Lipinski definition) is 1. The fourth-order valence-corrected chi connectivity index (χ4v) is 2.97. The monoisotopic (exact) mass is 314 g/mol. The Labute approximate surface area is 125 Å². The van der Waals surface area contributed by atoms with E-state index in [0.29, 0.717) is 6.61 Å². The molecule has 0 amide bonds. The highest BCUT2D eigenvalue weighted by atomic mass is 31.0. The van der Waals surface area contributed by atoms with Crippen LogP contribution in [0.2, 0.25) is 0 Å². The number of aliphatic hydroxyl groups excluding tert-OH is 1. The Balaban J connectivity index is 1.75. The maximum absolute atomic E-state index is 10.5. The van der Waals surface area contributed by atoms with E-state index in [2.05, 4.69) is 9.47 Å². The van der Waals surface area contributed by atoms with E-state index >= 15 is 0 Å². The molecule has 1 aromatic carbocycles. The number of methoxy groups -OCH3 is 1. The third-order valence-corrected chi connectivity index (χ3v) is 4.08. The van der Waals surface area contributed by atoms with Crippen LogP contribution < -0.4 is 0 Å². The zero-order valence-electron chi connectivity index (χ0n) is 11.6. The van der Waals surface area contributed by atoms with E-state index in [1.165, 1.54) is 7.11 Å². The second-order valence-corrected chi connectivity index (χ2v) is 5.32. The van der Waals surface area contributed by atoms with Crippen LogP contribution in [-0.2, 0) is 23.5 Å². The van der Waals surface area contributed by atoms with E-state index in [9.17, 15) is 5.11 Å². The number of hydrogen-bond acceptors (Lipinski definition) is 6. The zero-order valence-corrected chi connectivity index (χ0v) is 12.8. The SMILES string of the molecule is CO[C@@H]1OC2COC(c3ccccc3)O[C@@H]2[C@H](O)C1OP. The summed E-state index contributed by atoms with van der Waals surface area (Å²) in [6.07, 6.45) is -3.58. The molecule has 0 aliphatic carbocycles. The van der Waals surface area contributed by atoms with Crippen molar-refractivity contribution >= 4 is 9.47 Å². The summed E-state index contributed by atoms with van der Waals surface area (Å²) in [4.78, 5) is 0. The molecule has 21 heavy (non-hydrogen) atoms. The third kappa shape index (κ3) is 2.98. The van der Waals surface area contributed by atoms with Gasteiger partial charge in [-0.25, -0.2) is 0 Å². The smallest absolute Gasteiger partial charge is 0.186 e. The van der Waals surface area contributed by atoms with Crippen molar-refractivity contribution in [2.75, 3.05) is 13.7 Å². The first kappa shape index (κ1) is 15.3. The molecule has 2 aliphatic heterocycles.